The minimum absolute atomic E-state index is 0.0415. The first kappa shape index (κ1) is 14.7. The van der Waals surface area contributed by atoms with Crippen LogP contribution in [0.15, 0.2) is 12.4 Å². The number of nitrogens with zero attached hydrogens (tertiary/aromatic N) is 3. The van der Waals surface area contributed by atoms with Crippen LogP contribution in [0.25, 0.3) is 0 Å². The van der Waals surface area contributed by atoms with E-state index in [9.17, 15) is 4.79 Å². The quantitative estimate of drug-likeness (QED) is 0.766. The molecule has 1 aromatic heterocycles. The van der Waals surface area contributed by atoms with E-state index >= 15 is 0 Å². The maximum Gasteiger partial charge on any atom is 0.245 e. The van der Waals surface area contributed by atoms with Gasteiger partial charge in [0.25, 0.3) is 0 Å². The summed E-state index contributed by atoms with van der Waals surface area (Å²) in [6.45, 7) is 4.51. The number of rotatable bonds is 5. The van der Waals surface area contributed by atoms with E-state index in [0.29, 0.717) is 44.4 Å². The van der Waals surface area contributed by atoms with Gasteiger partial charge in [0.15, 0.2) is 5.82 Å². The van der Waals surface area contributed by atoms with E-state index in [0.717, 1.165) is 6.42 Å². The Labute approximate surface area is 118 Å². The molecule has 1 aliphatic rings. The Balaban J connectivity index is 2.20. The highest BCUT2D eigenvalue weighted by Crippen LogP contribution is 2.20. The van der Waals surface area contributed by atoms with Gasteiger partial charge in [0.1, 0.15) is 6.04 Å². The van der Waals surface area contributed by atoms with Crippen molar-refractivity contribution in [1.82, 2.24) is 15.3 Å². The van der Waals surface area contributed by atoms with Gasteiger partial charge in [-0.15, -0.1) is 0 Å². The van der Waals surface area contributed by atoms with Crippen LogP contribution in [0.5, 0.6) is 0 Å². The number of ether oxygens (including phenoxy) is 1. The number of aromatic nitrogens is 2. The standard InChI is InChI=1S/C13H21N5O2/c1-2-3-17-13(19)11-9-20-7-6-18(11)12-10(8-14)15-4-5-16-12/h4-5,11H,2-3,6-9,14H2,1H3,(H,17,19). The summed E-state index contributed by atoms with van der Waals surface area (Å²) in [6.07, 6.45) is 4.13. The van der Waals surface area contributed by atoms with Gasteiger partial charge in [-0.2, -0.15) is 0 Å². The lowest BCUT2D eigenvalue weighted by atomic mass is 10.2. The number of amides is 1. The Morgan fingerprint density at radius 1 is 1.55 bits per heavy atom. The molecule has 2 heterocycles. The molecule has 2 rings (SSSR count). The molecule has 0 aliphatic carbocycles. The van der Waals surface area contributed by atoms with Gasteiger partial charge in [-0.05, 0) is 6.42 Å². The van der Waals surface area contributed by atoms with Gasteiger partial charge in [0.05, 0.1) is 18.9 Å². The Kier molecular flexibility index (Phi) is 5.25. The van der Waals surface area contributed by atoms with Crippen LogP contribution in [0, 0.1) is 0 Å². The van der Waals surface area contributed by atoms with Gasteiger partial charge >= 0.3 is 0 Å². The van der Waals surface area contributed by atoms with Crippen LogP contribution in [-0.4, -0.2) is 48.2 Å². The second-order valence-corrected chi connectivity index (χ2v) is 4.61. The van der Waals surface area contributed by atoms with E-state index in [4.69, 9.17) is 10.5 Å². The molecule has 0 aromatic carbocycles. The van der Waals surface area contributed by atoms with Crippen LogP contribution in [0.3, 0.4) is 0 Å². The smallest absolute Gasteiger partial charge is 0.245 e. The molecule has 1 atom stereocenters. The molecule has 0 spiro atoms. The third kappa shape index (κ3) is 3.23. The molecule has 1 fully saturated rings. The van der Waals surface area contributed by atoms with E-state index in [1.807, 2.05) is 11.8 Å². The monoisotopic (exact) mass is 279 g/mol. The molecule has 7 heteroatoms. The summed E-state index contributed by atoms with van der Waals surface area (Å²) in [7, 11) is 0. The summed E-state index contributed by atoms with van der Waals surface area (Å²) in [6, 6.07) is -0.378. The summed E-state index contributed by atoms with van der Waals surface area (Å²) in [5, 5.41) is 2.90. The van der Waals surface area contributed by atoms with Gasteiger partial charge in [-0.1, -0.05) is 6.92 Å². The summed E-state index contributed by atoms with van der Waals surface area (Å²) < 4.78 is 5.43. The summed E-state index contributed by atoms with van der Waals surface area (Å²) in [5.74, 6) is 0.634. The minimum Gasteiger partial charge on any atom is -0.377 e. The fraction of sp³-hybridized carbons (Fsp3) is 0.615. The van der Waals surface area contributed by atoms with Crippen molar-refractivity contribution < 1.29 is 9.53 Å². The number of carbonyl (C=O) groups is 1. The molecule has 0 bridgehead atoms. The Hall–Kier alpha value is -1.73. The summed E-state index contributed by atoms with van der Waals surface area (Å²) in [4.78, 5) is 22.7. The fourth-order valence-corrected chi connectivity index (χ4v) is 2.18. The van der Waals surface area contributed by atoms with Crippen molar-refractivity contribution in [2.75, 3.05) is 31.2 Å². The molecule has 1 unspecified atom stereocenters. The maximum atomic E-state index is 12.2. The van der Waals surface area contributed by atoms with Crippen molar-refractivity contribution in [3.8, 4) is 0 Å². The van der Waals surface area contributed by atoms with Crippen molar-refractivity contribution in [2.45, 2.75) is 25.9 Å². The lowest BCUT2D eigenvalue weighted by Crippen LogP contribution is -2.54. The van der Waals surface area contributed by atoms with Crippen molar-refractivity contribution >= 4 is 11.7 Å². The third-order valence-electron chi connectivity index (χ3n) is 3.20. The number of morpholine rings is 1. The minimum atomic E-state index is -0.378. The first-order valence-electron chi connectivity index (χ1n) is 6.90. The Morgan fingerprint density at radius 3 is 3.10 bits per heavy atom. The number of hydrogen-bond acceptors (Lipinski definition) is 6. The number of carbonyl (C=O) groups excluding carboxylic acids is 1. The molecule has 20 heavy (non-hydrogen) atoms. The third-order valence-corrected chi connectivity index (χ3v) is 3.20. The molecular formula is C13H21N5O2. The SMILES string of the molecule is CCCNC(=O)C1COCCN1c1nccnc1CN. The summed E-state index contributed by atoms with van der Waals surface area (Å²) in [5.41, 5.74) is 6.40. The van der Waals surface area contributed by atoms with Crippen molar-refractivity contribution in [3.05, 3.63) is 18.1 Å². The van der Waals surface area contributed by atoms with E-state index in [-0.39, 0.29) is 11.9 Å². The van der Waals surface area contributed by atoms with Gasteiger partial charge in [-0.25, -0.2) is 4.98 Å². The van der Waals surface area contributed by atoms with E-state index in [1.54, 1.807) is 12.4 Å². The normalized spacial score (nSPS) is 18.9. The van der Waals surface area contributed by atoms with Gasteiger partial charge in [-0.3, -0.25) is 9.78 Å². The fourth-order valence-electron chi connectivity index (χ4n) is 2.18. The molecule has 1 aromatic rings. The number of nitrogens with one attached hydrogen (secondary N) is 1. The lowest BCUT2D eigenvalue weighted by molar-refractivity contribution is -0.124. The average molecular weight is 279 g/mol. The molecule has 0 radical (unpaired) electrons. The van der Waals surface area contributed by atoms with Crippen LogP contribution >= 0.6 is 0 Å². The molecule has 110 valence electrons. The zero-order chi connectivity index (χ0) is 14.4. The molecular weight excluding hydrogens is 258 g/mol. The summed E-state index contributed by atoms with van der Waals surface area (Å²) >= 11 is 0. The van der Waals surface area contributed by atoms with Crippen LogP contribution in [0.4, 0.5) is 5.82 Å². The van der Waals surface area contributed by atoms with Gasteiger partial charge in [0, 0.05) is 32.0 Å². The largest absolute Gasteiger partial charge is 0.377 e. The van der Waals surface area contributed by atoms with Crippen molar-refractivity contribution in [2.24, 2.45) is 5.73 Å². The highest BCUT2D eigenvalue weighted by molar-refractivity contribution is 5.85. The molecule has 3 N–H and O–H groups in total. The highest BCUT2D eigenvalue weighted by Gasteiger charge is 2.31. The topological polar surface area (TPSA) is 93.4 Å². The molecule has 1 amide bonds. The maximum absolute atomic E-state index is 12.2. The van der Waals surface area contributed by atoms with Crippen molar-refractivity contribution in [3.63, 3.8) is 0 Å². The van der Waals surface area contributed by atoms with E-state index in [2.05, 4.69) is 15.3 Å². The van der Waals surface area contributed by atoms with Crippen LogP contribution < -0.4 is 16.0 Å². The average Bonchev–Trinajstić information content (AvgIpc) is 2.52. The second kappa shape index (κ2) is 7.16. The number of anilines is 1. The second-order valence-electron chi connectivity index (χ2n) is 4.61. The molecule has 1 saturated heterocycles. The molecule has 7 nitrogen and oxygen atoms in total. The predicted octanol–water partition coefficient (Wildman–Crippen LogP) is -0.333. The first-order chi connectivity index (χ1) is 9.77. The van der Waals surface area contributed by atoms with Crippen LogP contribution in [0.2, 0.25) is 0 Å². The zero-order valence-corrected chi connectivity index (χ0v) is 11.7. The Bertz CT molecular complexity index is 454. The van der Waals surface area contributed by atoms with Crippen LogP contribution in [0.1, 0.15) is 19.0 Å². The molecule has 0 saturated carbocycles. The lowest BCUT2D eigenvalue weighted by Gasteiger charge is -2.36. The number of hydrogen-bond donors (Lipinski definition) is 2. The van der Waals surface area contributed by atoms with Gasteiger partial charge < -0.3 is 20.7 Å². The number of nitrogens with two attached hydrogens (primary N) is 1. The van der Waals surface area contributed by atoms with Crippen LogP contribution in [-0.2, 0) is 16.1 Å². The Morgan fingerprint density at radius 2 is 2.35 bits per heavy atom. The van der Waals surface area contributed by atoms with E-state index in [1.165, 1.54) is 0 Å². The highest BCUT2D eigenvalue weighted by atomic mass is 16.5. The first-order valence-corrected chi connectivity index (χ1v) is 6.90. The van der Waals surface area contributed by atoms with Crippen molar-refractivity contribution in [1.29, 1.82) is 0 Å². The van der Waals surface area contributed by atoms with E-state index < -0.39 is 0 Å². The van der Waals surface area contributed by atoms with Gasteiger partial charge in [0.2, 0.25) is 5.91 Å². The zero-order valence-electron chi connectivity index (χ0n) is 11.7. The molecule has 1 aliphatic heterocycles. The predicted molar refractivity (Wildman–Crippen MR) is 75.2 cm³/mol.